The van der Waals surface area contributed by atoms with Gasteiger partial charge in [-0.15, -0.1) is 24.0 Å². The van der Waals surface area contributed by atoms with Gasteiger partial charge in [0.25, 0.3) is 0 Å². The standard InChI is InChI=1S/C17H26N4O.HI/c1-14(22)20-16-8-6-15(7-9-16)10-11-19-17(18)21-12-4-2-3-5-13-21;/h6-9H,2-5,10-13H2,1H3,(H2,18,19)(H,20,22);1H. The molecule has 0 aromatic heterocycles. The predicted molar refractivity (Wildman–Crippen MR) is 106 cm³/mol. The molecule has 0 spiro atoms. The molecular formula is C17H27IN4O. The van der Waals surface area contributed by atoms with Crippen LogP contribution in [0, 0.1) is 0 Å². The number of aliphatic imine (C=N–C) groups is 1. The number of likely N-dealkylation sites (tertiary alicyclic amines) is 1. The zero-order chi connectivity index (χ0) is 15.8. The van der Waals surface area contributed by atoms with Gasteiger partial charge in [0.15, 0.2) is 5.96 Å². The van der Waals surface area contributed by atoms with E-state index in [1.54, 1.807) is 0 Å². The summed E-state index contributed by atoms with van der Waals surface area (Å²) in [6.07, 6.45) is 5.87. The average molecular weight is 430 g/mol. The lowest BCUT2D eigenvalue weighted by molar-refractivity contribution is -0.114. The third-order valence-corrected chi connectivity index (χ3v) is 3.88. The van der Waals surface area contributed by atoms with Gasteiger partial charge < -0.3 is 16.0 Å². The SMILES string of the molecule is CC(=O)Nc1ccc(CCN=C(N)N2CCCCCC2)cc1.I. The molecule has 0 radical (unpaired) electrons. The number of guanidine groups is 1. The van der Waals surface area contributed by atoms with Crippen LogP contribution in [0.25, 0.3) is 0 Å². The van der Waals surface area contributed by atoms with E-state index < -0.39 is 0 Å². The van der Waals surface area contributed by atoms with E-state index in [1.807, 2.05) is 24.3 Å². The first kappa shape index (κ1) is 19.7. The van der Waals surface area contributed by atoms with Crippen molar-refractivity contribution in [2.24, 2.45) is 10.7 Å². The van der Waals surface area contributed by atoms with Crippen LogP contribution in [-0.4, -0.2) is 36.4 Å². The number of hydrogen-bond donors (Lipinski definition) is 2. The number of carbonyl (C=O) groups excluding carboxylic acids is 1. The molecular weight excluding hydrogens is 403 g/mol. The fourth-order valence-corrected chi connectivity index (χ4v) is 2.66. The van der Waals surface area contributed by atoms with Crippen molar-refractivity contribution in [3.05, 3.63) is 29.8 Å². The minimum Gasteiger partial charge on any atom is -0.370 e. The van der Waals surface area contributed by atoms with E-state index in [-0.39, 0.29) is 29.9 Å². The van der Waals surface area contributed by atoms with Gasteiger partial charge in [0.1, 0.15) is 0 Å². The lowest BCUT2D eigenvalue weighted by atomic mass is 10.1. The van der Waals surface area contributed by atoms with Gasteiger partial charge in [0, 0.05) is 32.2 Å². The monoisotopic (exact) mass is 430 g/mol. The summed E-state index contributed by atoms with van der Waals surface area (Å²) >= 11 is 0. The molecule has 1 aromatic rings. The van der Waals surface area contributed by atoms with Crippen molar-refractivity contribution in [2.75, 3.05) is 25.0 Å². The summed E-state index contributed by atoms with van der Waals surface area (Å²) in [6.45, 7) is 4.26. The highest BCUT2D eigenvalue weighted by molar-refractivity contribution is 14.0. The normalized spacial score (nSPS) is 15.5. The van der Waals surface area contributed by atoms with Crippen LogP contribution in [0.2, 0.25) is 0 Å². The molecule has 1 fully saturated rings. The molecule has 1 aliphatic rings. The maximum Gasteiger partial charge on any atom is 0.221 e. The molecule has 0 bridgehead atoms. The van der Waals surface area contributed by atoms with Crippen LogP contribution in [0.4, 0.5) is 5.69 Å². The first-order valence-corrected chi connectivity index (χ1v) is 8.06. The van der Waals surface area contributed by atoms with Crippen molar-refractivity contribution in [2.45, 2.75) is 39.0 Å². The highest BCUT2D eigenvalue weighted by Crippen LogP contribution is 2.11. The molecule has 0 aliphatic carbocycles. The van der Waals surface area contributed by atoms with Crippen LogP contribution >= 0.6 is 24.0 Å². The Morgan fingerprint density at radius 2 is 1.78 bits per heavy atom. The number of nitrogens with one attached hydrogen (secondary N) is 1. The number of nitrogens with two attached hydrogens (primary N) is 1. The summed E-state index contributed by atoms with van der Waals surface area (Å²) in [6, 6.07) is 7.86. The molecule has 0 atom stereocenters. The van der Waals surface area contributed by atoms with Crippen LogP contribution in [-0.2, 0) is 11.2 Å². The number of carbonyl (C=O) groups is 1. The lowest BCUT2D eigenvalue weighted by Crippen LogP contribution is -2.38. The third-order valence-electron chi connectivity index (χ3n) is 3.88. The third kappa shape index (κ3) is 7.20. The van der Waals surface area contributed by atoms with E-state index in [1.165, 1.54) is 38.2 Å². The summed E-state index contributed by atoms with van der Waals surface area (Å²) in [5.74, 6) is 0.624. The van der Waals surface area contributed by atoms with Crippen LogP contribution in [0.15, 0.2) is 29.3 Å². The van der Waals surface area contributed by atoms with Gasteiger partial charge >= 0.3 is 0 Å². The van der Waals surface area contributed by atoms with E-state index >= 15 is 0 Å². The maximum absolute atomic E-state index is 11.0. The highest BCUT2D eigenvalue weighted by Gasteiger charge is 2.10. The highest BCUT2D eigenvalue weighted by atomic mass is 127. The summed E-state index contributed by atoms with van der Waals surface area (Å²) in [5.41, 5.74) is 8.11. The molecule has 1 amide bonds. The maximum atomic E-state index is 11.0. The van der Waals surface area contributed by atoms with E-state index in [2.05, 4.69) is 15.2 Å². The number of nitrogens with zero attached hydrogens (tertiary/aromatic N) is 2. The Morgan fingerprint density at radius 1 is 1.17 bits per heavy atom. The van der Waals surface area contributed by atoms with Gasteiger partial charge in [-0.05, 0) is 37.0 Å². The van der Waals surface area contributed by atoms with Gasteiger partial charge in [-0.3, -0.25) is 9.79 Å². The fourth-order valence-electron chi connectivity index (χ4n) is 2.66. The van der Waals surface area contributed by atoms with Crippen molar-refractivity contribution in [3.63, 3.8) is 0 Å². The van der Waals surface area contributed by atoms with Gasteiger partial charge in [0.2, 0.25) is 5.91 Å². The van der Waals surface area contributed by atoms with Crippen molar-refractivity contribution in [1.82, 2.24) is 4.90 Å². The van der Waals surface area contributed by atoms with Crippen LogP contribution in [0.3, 0.4) is 0 Å². The summed E-state index contributed by atoms with van der Waals surface area (Å²) in [7, 11) is 0. The quantitative estimate of drug-likeness (QED) is 0.439. The average Bonchev–Trinajstić information content (AvgIpc) is 2.77. The molecule has 6 heteroatoms. The minimum absolute atomic E-state index is 0. The Labute approximate surface area is 155 Å². The van der Waals surface area contributed by atoms with Crippen molar-refractivity contribution in [3.8, 4) is 0 Å². The largest absolute Gasteiger partial charge is 0.370 e. The Hall–Kier alpha value is -1.31. The van der Waals surface area contributed by atoms with Crippen molar-refractivity contribution in [1.29, 1.82) is 0 Å². The molecule has 2 rings (SSSR count). The second-order valence-corrected chi connectivity index (χ2v) is 5.77. The number of rotatable bonds is 4. The van der Waals surface area contributed by atoms with Gasteiger partial charge in [0.05, 0.1) is 0 Å². The first-order chi connectivity index (χ1) is 10.6. The van der Waals surface area contributed by atoms with Gasteiger partial charge in [-0.2, -0.15) is 0 Å². The molecule has 1 saturated heterocycles. The molecule has 1 aromatic carbocycles. The van der Waals surface area contributed by atoms with Crippen molar-refractivity contribution >= 4 is 41.5 Å². The van der Waals surface area contributed by atoms with E-state index in [9.17, 15) is 4.79 Å². The van der Waals surface area contributed by atoms with Crippen LogP contribution in [0.5, 0.6) is 0 Å². The van der Waals surface area contributed by atoms with Crippen LogP contribution < -0.4 is 11.1 Å². The smallest absolute Gasteiger partial charge is 0.221 e. The van der Waals surface area contributed by atoms with E-state index in [4.69, 9.17) is 5.73 Å². The molecule has 1 heterocycles. The molecule has 5 nitrogen and oxygen atoms in total. The Kier molecular flexibility index (Phi) is 8.98. The zero-order valence-electron chi connectivity index (χ0n) is 13.8. The number of hydrogen-bond acceptors (Lipinski definition) is 2. The summed E-state index contributed by atoms with van der Waals surface area (Å²) < 4.78 is 0. The number of benzene rings is 1. The van der Waals surface area contributed by atoms with Gasteiger partial charge in [-0.1, -0.05) is 25.0 Å². The van der Waals surface area contributed by atoms with Crippen molar-refractivity contribution < 1.29 is 4.79 Å². The number of amides is 1. The lowest BCUT2D eigenvalue weighted by Gasteiger charge is -2.21. The zero-order valence-corrected chi connectivity index (χ0v) is 16.1. The van der Waals surface area contributed by atoms with E-state index in [0.29, 0.717) is 12.5 Å². The Morgan fingerprint density at radius 3 is 2.35 bits per heavy atom. The Balaban J connectivity index is 0.00000264. The Bertz CT molecular complexity index is 508. The second kappa shape index (κ2) is 10.5. The summed E-state index contributed by atoms with van der Waals surface area (Å²) in [4.78, 5) is 17.7. The summed E-state index contributed by atoms with van der Waals surface area (Å²) in [5, 5.41) is 2.76. The predicted octanol–water partition coefficient (Wildman–Crippen LogP) is 3.00. The number of anilines is 1. The molecule has 128 valence electrons. The molecule has 0 saturated carbocycles. The second-order valence-electron chi connectivity index (χ2n) is 5.77. The molecule has 0 unspecified atom stereocenters. The van der Waals surface area contributed by atoms with Gasteiger partial charge in [-0.25, -0.2) is 0 Å². The minimum atomic E-state index is -0.0532. The topological polar surface area (TPSA) is 70.7 Å². The number of halogens is 1. The van der Waals surface area contributed by atoms with E-state index in [0.717, 1.165) is 25.2 Å². The van der Waals surface area contributed by atoms with Crippen LogP contribution in [0.1, 0.15) is 38.2 Å². The fraction of sp³-hybridized carbons (Fsp3) is 0.529. The molecule has 1 aliphatic heterocycles. The molecule has 3 N–H and O–H groups in total. The first-order valence-electron chi connectivity index (χ1n) is 8.06. The molecule has 23 heavy (non-hydrogen) atoms.